The fourth-order valence-corrected chi connectivity index (χ4v) is 2.62. The van der Waals surface area contributed by atoms with Crippen molar-refractivity contribution in [3.05, 3.63) is 0 Å². The second kappa shape index (κ2) is 8.79. The SMILES string of the molecule is CCCNC(CCCS(=O)(=O)CC)CCC(F)(F)F. The lowest BCUT2D eigenvalue weighted by molar-refractivity contribution is -0.136. The van der Waals surface area contributed by atoms with Crippen LogP contribution in [0.2, 0.25) is 0 Å². The molecule has 0 saturated heterocycles. The van der Waals surface area contributed by atoms with Crippen molar-refractivity contribution in [1.29, 1.82) is 0 Å². The lowest BCUT2D eigenvalue weighted by Crippen LogP contribution is -2.31. The van der Waals surface area contributed by atoms with Crippen LogP contribution in [0.25, 0.3) is 0 Å². The minimum absolute atomic E-state index is 0.00960. The lowest BCUT2D eigenvalue weighted by Gasteiger charge is -2.19. The highest BCUT2D eigenvalue weighted by atomic mass is 32.2. The lowest BCUT2D eigenvalue weighted by atomic mass is 10.1. The number of nitrogens with one attached hydrogen (secondary N) is 1. The smallest absolute Gasteiger partial charge is 0.314 e. The highest BCUT2D eigenvalue weighted by molar-refractivity contribution is 7.91. The molecule has 0 aliphatic rings. The molecule has 0 radical (unpaired) electrons. The maximum absolute atomic E-state index is 12.2. The van der Waals surface area contributed by atoms with Crippen molar-refractivity contribution in [3.8, 4) is 0 Å². The van der Waals surface area contributed by atoms with E-state index in [0.29, 0.717) is 19.4 Å². The monoisotopic (exact) mass is 303 g/mol. The van der Waals surface area contributed by atoms with E-state index >= 15 is 0 Å². The summed E-state index contributed by atoms with van der Waals surface area (Å²) in [7, 11) is -3.03. The van der Waals surface area contributed by atoms with Crippen LogP contribution in [0.5, 0.6) is 0 Å². The van der Waals surface area contributed by atoms with Gasteiger partial charge in [0, 0.05) is 18.2 Å². The Morgan fingerprint density at radius 1 is 1.16 bits per heavy atom. The molecule has 116 valence electrons. The first kappa shape index (κ1) is 18.7. The van der Waals surface area contributed by atoms with Crippen molar-refractivity contribution in [2.24, 2.45) is 0 Å². The van der Waals surface area contributed by atoms with Crippen molar-refractivity contribution in [2.75, 3.05) is 18.1 Å². The van der Waals surface area contributed by atoms with Gasteiger partial charge in [-0.1, -0.05) is 13.8 Å². The summed E-state index contributed by atoms with van der Waals surface area (Å²) in [5.74, 6) is 0.141. The zero-order valence-corrected chi connectivity index (χ0v) is 12.4. The Kier molecular flexibility index (Phi) is 8.65. The molecule has 7 heteroatoms. The van der Waals surface area contributed by atoms with Gasteiger partial charge in [-0.3, -0.25) is 0 Å². The summed E-state index contributed by atoms with van der Waals surface area (Å²) in [6.07, 6.45) is -3.24. The molecule has 0 aromatic rings. The maximum Gasteiger partial charge on any atom is 0.389 e. The highest BCUT2D eigenvalue weighted by Crippen LogP contribution is 2.23. The Balaban J connectivity index is 4.13. The molecule has 0 rings (SSSR count). The van der Waals surface area contributed by atoms with E-state index in [9.17, 15) is 21.6 Å². The third-order valence-electron chi connectivity index (χ3n) is 2.91. The molecule has 19 heavy (non-hydrogen) atoms. The summed E-state index contributed by atoms with van der Waals surface area (Å²) in [4.78, 5) is 0. The molecular formula is C12H24F3NO2S. The first-order valence-electron chi connectivity index (χ1n) is 6.70. The van der Waals surface area contributed by atoms with Gasteiger partial charge in [0.05, 0.1) is 5.75 Å². The average Bonchev–Trinajstić information content (AvgIpc) is 2.30. The molecule has 0 bridgehead atoms. The third-order valence-corrected chi connectivity index (χ3v) is 4.70. The predicted molar refractivity (Wildman–Crippen MR) is 70.9 cm³/mol. The molecule has 0 spiro atoms. The van der Waals surface area contributed by atoms with Crippen molar-refractivity contribution in [2.45, 2.75) is 58.2 Å². The van der Waals surface area contributed by atoms with Crippen LogP contribution in [0.4, 0.5) is 13.2 Å². The molecule has 0 saturated carbocycles. The zero-order chi connectivity index (χ0) is 14.9. The second-order valence-corrected chi connectivity index (χ2v) is 7.16. The average molecular weight is 303 g/mol. The Bertz CT molecular complexity index is 328. The van der Waals surface area contributed by atoms with E-state index in [0.717, 1.165) is 6.42 Å². The summed E-state index contributed by atoms with van der Waals surface area (Å²) in [6, 6.07) is -0.256. The van der Waals surface area contributed by atoms with Crippen LogP contribution in [-0.4, -0.2) is 38.7 Å². The first-order valence-corrected chi connectivity index (χ1v) is 8.53. The van der Waals surface area contributed by atoms with E-state index in [1.165, 1.54) is 0 Å². The van der Waals surface area contributed by atoms with Crippen LogP contribution in [0, 0.1) is 0 Å². The van der Waals surface area contributed by atoms with Gasteiger partial charge in [0.25, 0.3) is 0 Å². The molecular weight excluding hydrogens is 279 g/mol. The van der Waals surface area contributed by atoms with Gasteiger partial charge >= 0.3 is 6.18 Å². The number of hydrogen-bond donors (Lipinski definition) is 1. The van der Waals surface area contributed by atoms with E-state index in [1.54, 1.807) is 6.92 Å². The predicted octanol–water partition coefficient (Wildman–Crippen LogP) is 2.91. The van der Waals surface area contributed by atoms with Crippen molar-refractivity contribution in [3.63, 3.8) is 0 Å². The number of hydrogen-bond acceptors (Lipinski definition) is 3. The fourth-order valence-electron chi connectivity index (χ4n) is 1.73. The molecule has 0 heterocycles. The van der Waals surface area contributed by atoms with Gasteiger partial charge < -0.3 is 5.32 Å². The van der Waals surface area contributed by atoms with E-state index < -0.39 is 22.4 Å². The van der Waals surface area contributed by atoms with Gasteiger partial charge in [-0.05, 0) is 32.2 Å². The molecule has 0 aromatic carbocycles. The van der Waals surface area contributed by atoms with Gasteiger partial charge in [0.15, 0.2) is 0 Å². The molecule has 3 nitrogen and oxygen atoms in total. The number of alkyl halides is 3. The molecule has 1 atom stereocenters. The van der Waals surface area contributed by atoms with Crippen LogP contribution < -0.4 is 5.32 Å². The molecule has 0 amide bonds. The second-order valence-electron chi connectivity index (χ2n) is 4.68. The fraction of sp³-hybridized carbons (Fsp3) is 1.00. The normalized spacial score (nSPS) is 14.6. The highest BCUT2D eigenvalue weighted by Gasteiger charge is 2.28. The summed E-state index contributed by atoms with van der Waals surface area (Å²) in [6.45, 7) is 4.17. The minimum atomic E-state index is -4.15. The van der Waals surface area contributed by atoms with Gasteiger partial charge in [-0.25, -0.2) is 8.42 Å². The van der Waals surface area contributed by atoms with Crippen LogP contribution in [-0.2, 0) is 9.84 Å². The van der Waals surface area contributed by atoms with Gasteiger partial charge in [0.1, 0.15) is 9.84 Å². The largest absolute Gasteiger partial charge is 0.389 e. The summed E-state index contributed by atoms with van der Waals surface area (Å²) >= 11 is 0. The number of sulfone groups is 1. The molecule has 1 N–H and O–H groups in total. The van der Waals surface area contributed by atoms with Crippen LogP contribution in [0.15, 0.2) is 0 Å². The Hall–Kier alpha value is -0.300. The van der Waals surface area contributed by atoms with Crippen LogP contribution in [0.3, 0.4) is 0 Å². The van der Waals surface area contributed by atoms with Gasteiger partial charge in [-0.15, -0.1) is 0 Å². The van der Waals surface area contributed by atoms with Crippen molar-refractivity contribution in [1.82, 2.24) is 5.32 Å². The zero-order valence-electron chi connectivity index (χ0n) is 11.6. The van der Waals surface area contributed by atoms with E-state index in [2.05, 4.69) is 5.32 Å². The molecule has 0 fully saturated rings. The van der Waals surface area contributed by atoms with Crippen LogP contribution in [0.1, 0.15) is 46.0 Å². The first-order chi connectivity index (χ1) is 8.70. The molecule has 0 aromatic heterocycles. The minimum Gasteiger partial charge on any atom is -0.314 e. The Morgan fingerprint density at radius 2 is 1.79 bits per heavy atom. The summed E-state index contributed by atoms with van der Waals surface area (Å²) < 4.78 is 59.2. The Labute approximate surface area is 113 Å². The molecule has 0 aliphatic heterocycles. The van der Waals surface area contributed by atoms with E-state index in [1.807, 2.05) is 6.92 Å². The van der Waals surface area contributed by atoms with Crippen molar-refractivity contribution >= 4 is 9.84 Å². The van der Waals surface area contributed by atoms with E-state index in [4.69, 9.17) is 0 Å². The molecule has 1 unspecified atom stereocenters. The topological polar surface area (TPSA) is 46.2 Å². The standard InChI is InChI=1S/C12H24F3NO2S/c1-3-9-16-11(7-8-12(13,14)15)6-5-10-19(17,18)4-2/h11,16H,3-10H2,1-2H3. The quantitative estimate of drug-likeness (QED) is 0.675. The third kappa shape index (κ3) is 11.2. The van der Waals surface area contributed by atoms with Crippen LogP contribution >= 0.6 is 0 Å². The maximum atomic E-state index is 12.2. The number of rotatable bonds is 10. The summed E-state index contributed by atoms with van der Waals surface area (Å²) in [5, 5.41) is 3.05. The van der Waals surface area contributed by atoms with Crippen molar-refractivity contribution < 1.29 is 21.6 Å². The Morgan fingerprint density at radius 3 is 2.26 bits per heavy atom. The van der Waals surface area contributed by atoms with Gasteiger partial charge in [-0.2, -0.15) is 13.2 Å². The number of halogens is 3. The molecule has 0 aliphatic carbocycles. The van der Waals surface area contributed by atoms with Gasteiger partial charge in [0.2, 0.25) is 0 Å². The van der Waals surface area contributed by atoms with E-state index in [-0.39, 0.29) is 24.0 Å². The summed E-state index contributed by atoms with van der Waals surface area (Å²) in [5.41, 5.74) is 0.